The van der Waals surface area contributed by atoms with E-state index in [2.05, 4.69) is 31.2 Å². The fourth-order valence-corrected chi connectivity index (χ4v) is 7.14. The third-order valence-electron chi connectivity index (χ3n) is 8.51. The molecule has 0 radical (unpaired) electrons. The molecule has 0 saturated heterocycles. The molecule has 2 fully saturated rings. The molecule has 4 aliphatic rings. The van der Waals surface area contributed by atoms with Gasteiger partial charge in [-0.15, -0.1) is 0 Å². The lowest BCUT2D eigenvalue weighted by atomic mass is 9.47. The average molecular weight is 372 g/mol. The molecule has 27 heavy (non-hydrogen) atoms. The SMILES string of the molecule is CC(=O)O[C@H]1CC[C@@]2(C)C(=CC[C@@H]3[C@@H]2CC[C@]2(C)C(/C(C)=N\O)=CC[C@@H]32)C1. The minimum atomic E-state index is -0.156. The Morgan fingerprint density at radius 2 is 1.85 bits per heavy atom. The molecule has 0 aromatic heterocycles. The largest absolute Gasteiger partial charge is 0.462 e. The van der Waals surface area contributed by atoms with Crippen LogP contribution in [0.1, 0.15) is 72.6 Å². The van der Waals surface area contributed by atoms with Crippen molar-refractivity contribution in [1.29, 1.82) is 0 Å². The quantitative estimate of drug-likeness (QED) is 0.237. The number of fused-ring (bicyclic) bond motifs is 5. The molecule has 1 N–H and O–H groups in total. The van der Waals surface area contributed by atoms with E-state index in [1.165, 1.54) is 30.9 Å². The zero-order valence-electron chi connectivity index (χ0n) is 17.1. The molecule has 4 rings (SSSR count). The summed E-state index contributed by atoms with van der Waals surface area (Å²) in [6, 6.07) is 0. The third kappa shape index (κ3) is 2.78. The highest BCUT2D eigenvalue weighted by molar-refractivity contribution is 5.99. The molecule has 6 atom stereocenters. The van der Waals surface area contributed by atoms with E-state index in [0.29, 0.717) is 17.8 Å². The lowest BCUT2D eigenvalue weighted by molar-refractivity contribution is -0.148. The predicted molar refractivity (Wildman–Crippen MR) is 106 cm³/mol. The molecule has 4 nitrogen and oxygen atoms in total. The van der Waals surface area contributed by atoms with Gasteiger partial charge in [0.05, 0.1) is 5.71 Å². The summed E-state index contributed by atoms with van der Waals surface area (Å²) < 4.78 is 5.53. The predicted octanol–water partition coefficient (Wildman–Crippen LogP) is 5.27. The van der Waals surface area contributed by atoms with Gasteiger partial charge in [-0.1, -0.05) is 36.7 Å². The van der Waals surface area contributed by atoms with Crippen molar-refractivity contribution in [3.05, 3.63) is 23.3 Å². The number of carbonyl (C=O) groups is 1. The third-order valence-corrected chi connectivity index (χ3v) is 8.51. The van der Waals surface area contributed by atoms with Crippen LogP contribution in [0.2, 0.25) is 0 Å². The first kappa shape index (κ1) is 18.8. The normalized spacial score (nSPS) is 43.8. The van der Waals surface area contributed by atoms with Gasteiger partial charge in [-0.2, -0.15) is 0 Å². The van der Waals surface area contributed by atoms with Crippen LogP contribution in [-0.4, -0.2) is 23.0 Å². The topological polar surface area (TPSA) is 58.9 Å². The van der Waals surface area contributed by atoms with Crippen molar-refractivity contribution in [1.82, 2.24) is 0 Å². The van der Waals surface area contributed by atoms with Gasteiger partial charge in [0.2, 0.25) is 0 Å². The molecule has 2 saturated carbocycles. The van der Waals surface area contributed by atoms with Gasteiger partial charge in [0, 0.05) is 13.3 Å². The Labute approximate surface area is 162 Å². The first-order valence-electron chi connectivity index (χ1n) is 10.6. The summed E-state index contributed by atoms with van der Waals surface area (Å²) in [4.78, 5) is 11.4. The van der Waals surface area contributed by atoms with Crippen molar-refractivity contribution in [3.63, 3.8) is 0 Å². The highest BCUT2D eigenvalue weighted by atomic mass is 16.5. The number of hydrogen-bond acceptors (Lipinski definition) is 4. The Balaban J connectivity index is 1.59. The maximum absolute atomic E-state index is 11.4. The van der Waals surface area contributed by atoms with Crippen molar-refractivity contribution >= 4 is 11.7 Å². The lowest BCUT2D eigenvalue weighted by Gasteiger charge is -2.57. The Hall–Kier alpha value is -1.58. The second-order valence-electron chi connectivity index (χ2n) is 9.73. The Morgan fingerprint density at radius 3 is 2.56 bits per heavy atom. The van der Waals surface area contributed by atoms with Crippen LogP contribution in [0.25, 0.3) is 0 Å². The maximum atomic E-state index is 11.4. The summed E-state index contributed by atoms with van der Waals surface area (Å²) in [6.45, 7) is 8.30. The number of rotatable bonds is 2. The smallest absolute Gasteiger partial charge is 0.302 e. The summed E-state index contributed by atoms with van der Waals surface area (Å²) in [7, 11) is 0. The molecule has 0 aliphatic heterocycles. The van der Waals surface area contributed by atoms with Gasteiger partial charge in [-0.25, -0.2) is 0 Å². The van der Waals surface area contributed by atoms with Gasteiger partial charge in [-0.3, -0.25) is 4.79 Å². The standard InChI is InChI=1S/C23H33NO3/c1-14(24-26)19-7-8-20-18-6-5-16-13-17(27-15(2)25)9-11-22(16,3)21(18)10-12-23(19,20)4/h5,7,17-18,20-21,26H,6,8-13H2,1-4H3/b24-14-/t17-,18-,20-,21-,22-,23+/m0/s1. The van der Waals surface area contributed by atoms with Crippen molar-refractivity contribution in [3.8, 4) is 0 Å². The number of oxime groups is 1. The van der Waals surface area contributed by atoms with Crippen LogP contribution in [0.3, 0.4) is 0 Å². The summed E-state index contributed by atoms with van der Waals surface area (Å²) in [5.41, 5.74) is 3.99. The minimum absolute atomic E-state index is 0.0652. The van der Waals surface area contributed by atoms with Crippen LogP contribution >= 0.6 is 0 Å². The number of allylic oxidation sites excluding steroid dienone is 3. The van der Waals surface area contributed by atoms with Crippen LogP contribution in [-0.2, 0) is 9.53 Å². The van der Waals surface area contributed by atoms with Crippen molar-refractivity contribution in [2.24, 2.45) is 33.7 Å². The Bertz CT molecular complexity index is 736. The van der Waals surface area contributed by atoms with Crippen LogP contribution in [0.4, 0.5) is 0 Å². The fourth-order valence-electron chi connectivity index (χ4n) is 7.14. The Morgan fingerprint density at radius 1 is 1.11 bits per heavy atom. The summed E-state index contributed by atoms with van der Waals surface area (Å²) >= 11 is 0. The molecule has 4 aliphatic carbocycles. The van der Waals surface area contributed by atoms with E-state index < -0.39 is 0 Å². The van der Waals surface area contributed by atoms with Crippen LogP contribution in [0.5, 0.6) is 0 Å². The first-order chi connectivity index (χ1) is 12.8. The van der Waals surface area contributed by atoms with E-state index >= 15 is 0 Å². The van der Waals surface area contributed by atoms with Gasteiger partial charge in [0.25, 0.3) is 0 Å². The van der Waals surface area contributed by atoms with Gasteiger partial charge in [0.15, 0.2) is 0 Å². The van der Waals surface area contributed by atoms with Gasteiger partial charge >= 0.3 is 5.97 Å². The number of hydrogen-bond donors (Lipinski definition) is 1. The Kier molecular flexibility index (Phi) is 4.51. The second kappa shape index (κ2) is 6.49. The van der Waals surface area contributed by atoms with Gasteiger partial charge < -0.3 is 9.94 Å². The monoisotopic (exact) mass is 371 g/mol. The maximum Gasteiger partial charge on any atom is 0.302 e. The first-order valence-corrected chi connectivity index (χ1v) is 10.6. The second-order valence-corrected chi connectivity index (χ2v) is 9.73. The summed E-state index contributed by atoms with van der Waals surface area (Å²) in [5, 5.41) is 12.8. The molecule has 0 bridgehead atoms. The molecule has 0 unspecified atom stereocenters. The zero-order chi connectivity index (χ0) is 19.4. The highest BCUT2D eigenvalue weighted by Gasteiger charge is 2.57. The van der Waals surface area contributed by atoms with Crippen LogP contribution in [0, 0.1) is 28.6 Å². The molecule has 0 spiro atoms. The molecule has 0 amide bonds. The molecule has 0 aromatic carbocycles. The number of ether oxygens (including phenoxy) is 1. The fraction of sp³-hybridized carbons (Fsp3) is 0.739. The van der Waals surface area contributed by atoms with Gasteiger partial charge in [0.1, 0.15) is 6.10 Å². The molecule has 148 valence electrons. The van der Waals surface area contributed by atoms with E-state index in [0.717, 1.165) is 37.8 Å². The number of nitrogens with zero attached hydrogens (tertiary/aromatic N) is 1. The molecule has 4 heteroatoms. The number of carbonyl (C=O) groups excluding carboxylic acids is 1. The minimum Gasteiger partial charge on any atom is -0.462 e. The lowest BCUT2D eigenvalue weighted by Crippen LogP contribution is -2.50. The van der Waals surface area contributed by atoms with Crippen molar-refractivity contribution < 1.29 is 14.7 Å². The summed E-state index contributed by atoms with van der Waals surface area (Å²) in [6.07, 6.45) is 12.6. The van der Waals surface area contributed by atoms with Crippen LogP contribution in [0.15, 0.2) is 28.5 Å². The zero-order valence-corrected chi connectivity index (χ0v) is 17.1. The van der Waals surface area contributed by atoms with Crippen LogP contribution < -0.4 is 0 Å². The van der Waals surface area contributed by atoms with E-state index in [9.17, 15) is 10.0 Å². The molecular formula is C23H33NO3. The number of esters is 1. The van der Waals surface area contributed by atoms with Crippen molar-refractivity contribution in [2.75, 3.05) is 0 Å². The molecule has 0 aromatic rings. The average Bonchev–Trinajstić information content (AvgIpc) is 2.98. The van der Waals surface area contributed by atoms with E-state index in [-0.39, 0.29) is 22.9 Å². The van der Waals surface area contributed by atoms with E-state index in [4.69, 9.17) is 4.74 Å². The van der Waals surface area contributed by atoms with E-state index in [1.54, 1.807) is 0 Å². The molecular weight excluding hydrogens is 338 g/mol. The van der Waals surface area contributed by atoms with Crippen molar-refractivity contribution in [2.45, 2.75) is 78.7 Å². The summed E-state index contributed by atoms with van der Waals surface area (Å²) in [5.74, 6) is 1.90. The molecule has 0 heterocycles. The highest BCUT2D eigenvalue weighted by Crippen LogP contribution is 2.65. The van der Waals surface area contributed by atoms with E-state index in [1.807, 2.05) is 6.92 Å². The van der Waals surface area contributed by atoms with Gasteiger partial charge in [-0.05, 0) is 79.6 Å².